The first kappa shape index (κ1) is 12.1. The molecule has 4 heteroatoms. The molecule has 2 nitrogen and oxygen atoms in total. The summed E-state index contributed by atoms with van der Waals surface area (Å²) in [7, 11) is 0. The van der Waals surface area contributed by atoms with E-state index in [1.54, 1.807) is 6.07 Å². The molecule has 1 aromatic carbocycles. The Balaban J connectivity index is 2.61. The summed E-state index contributed by atoms with van der Waals surface area (Å²) in [6.07, 6.45) is 0.690. The second-order valence-corrected chi connectivity index (χ2v) is 3.69. The van der Waals surface area contributed by atoms with Crippen molar-refractivity contribution in [3.05, 3.63) is 34.6 Å². The van der Waals surface area contributed by atoms with Crippen molar-refractivity contribution in [3.8, 4) is 0 Å². The van der Waals surface area contributed by atoms with Crippen molar-refractivity contribution in [2.45, 2.75) is 12.8 Å². The summed E-state index contributed by atoms with van der Waals surface area (Å²) in [5.74, 6) is -0.395. The summed E-state index contributed by atoms with van der Waals surface area (Å²) in [4.78, 5) is 10.0. The van der Waals surface area contributed by atoms with Gasteiger partial charge in [-0.2, -0.15) is 0 Å². The molecule has 0 aliphatic heterocycles. The number of carbonyl (C=O) groups is 1. The van der Waals surface area contributed by atoms with Gasteiger partial charge in [-0.15, -0.1) is 0 Å². The van der Waals surface area contributed by atoms with Crippen LogP contribution < -0.4 is 0 Å². The third-order valence-electron chi connectivity index (χ3n) is 2.07. The van der Waals surface area contributed by atoms with Crippen molar-refractivity contribution in [1.82, 2.24) is 0 Å². The van der Waals surface area contributed by atoms with Crippen molar-refractivity contribution in [2.75, 3.05) is 13.2 Å². The Morgan fingerprint density at radius 1 is 1.60 bits per heavy atom. The van der Waals surface area contributed by atoms with Crippen LogP contribution in [0.1, 0.15) is 18.4 Å². The van der Waals surface area contributed by atoms with Gasteiger partial charge in [0.2, 0.25) is 0 Å². The first-order valence-corrected chi connectivity index (χ1v) is 4.99. The minimum Gasteiger partial charge on any atom is -0.373 e. The highest BCUT2D eigenvalue weighted by atomic mass is 35.5. The van der Waals surface area contributed by atoms with E-state index in [-0.39, 0.29) is 17.5 Å². The Bertz CT molecular complexity index is 341. The first-order chi connectivity index (χ1) is 7.15. The number of benzene rings is 1. The zero-order chi connectivity index (χ0) is 11.3. The zero-order valence-corrected chi connectivity index (χ0v) is 9.13. The molecule has 0 heterocycles. The molecule has 0 saturated heterocycles. The standard InChI is InChI=1S/C11H12ClFO2/c1-8(7-15-5-4-14)9-2-3-10(12)11(13)6-9/h2-4,6,8H,5,7H2,1H3/t8-/m1/s1. The number of hydrogen-bond acceptors (Lipinski definition) is 2. The van der Waals surface area contributed by atoms with E-state index in [1.165, 1.54) is 12.1 Å². The highest BCUT2D eigenvalue weighted by Gasteiger charge is 2.08. The summed E-state index contributed by atoms with van der Waals surface area (Å²) in [5.41, 5.74) is 0.808. The normalized spacial score (nSPS) is 12.5. The fourth-order valence-electron chi connectivity index (χ4n) is 1.21. The Morgan fingerprint density at radius 3 is 2.93 bits per heavy atom. The van der Waals surface area contributed by atoms with E-state index in [9.17, 15) is 9.18 Å². The maximum Gasteiger partial charge on any atom is 0.145 e. The molecule has 0 spiro atoms. The quantitative estimate of drug-likeness (QED) is 0.574. The molecule has 1 aromatic rings. The van der Waals surface area contributed by atoms with Crippen LogP contribution in [0.5, 0.6) is 0 Å². The average molecular weight is 231 g/mol. The lowest BCUT2D eigenvalue weighted by Gasteiger charge is -2.11. The van der Waals surface area contributed by atoms with Crippen molar-refractivity contribution in [1.29, 1.82) is 0 Å². The lowest BCUT2D eigenvalue weighted by molar-refractivity contribution is -0.111. The third kappa shape index (κ3) is 3.61. The SMILES string of the molecule is C[C@H](COCC=O)c1ccc(Cl)c(F)c1. The summed E-state index contributed by atoms with van der Waals surface area (Å²) < 4.78 is 18.1. The Morgan fingerprint density at radius 2 is 2.33 bits per heavy atom. The topological polar surface area (TPSA) is 26.3 Å². The van der Waals surface area contributed by atoms with E-state index in [1.807, 2.05) is 6.92 Å². The molecule has 0 fully saturated rings. The van der Waals surface area contributed by atoms with E-state index in [0.717, 1.165) is 5.56 Å². The van der Waals surface area contributed by atoms with Gasteiger partial charge < -0.3 is 9.53 Å². The van der Waals surface area contributed by atoms with Gasteiger partial charge in [0.1, 0.15) is 18.7 Å². The van der Waals surface area contributed by atoms with Crippen molar-refractivity contribution in [2.24, 2.45) is 0 Å². The van der Waals surface area contributed by atoms with Crippen LogP contribution >= 0.6 is 11.6 Å². The Kier molecular flexibility index (Phi) is 4.72. The van der Waals surface area contributed by atoms with Crippen molar-refractivity contribution in [3.63, 3.8) is 0 Å². The molecule has 0 radical (unpaired) electrons. The molecule has 0 saturated carbocycles. The molecule has 82 valence electrons. The second kappa shape index (κ2) is 5.83. The monoisotopic (exact) mass is 230 g/mol. The van der Waals surface area contributed by atoms with Crippen LogP contribution in [0.15, 0.2) is 18.2 Å². The van der Waals surface area contributed by atoms with Gasteiger partial charge in [-0.3, -0.25) is 0 Å². The number of ether oxygens (including phenoxy) is 1. The van der Waals surface area contributed by atoms with Gasteiger partial charge in [0.15, 0.2) is 0 Å². The Labute approximate surface area is 93.0 Å². The van der Waals surface area contributed by atoms with Crippen molar-refractivity contribution < 1.29 is 13.9 Å². The van der Waals surface area contributed by atoms with Crippen LogP contribution in [-0.4, -0.2) is 19.5 Å². The van der Waals surface area contributed by atoms with Crippen molar-refractivity contribution >= 4 is 17.9 Å². The minimum absolute atomic E-state index is 0.0386. The van der Waals surface area contributed by atoms with Gasteiger partial charge in [0.05, 0.1) is 11.6 Å². The molecule has 0 amide bonds. The van der Waals surface area contributed by atoms with Gasteiger partial charge in [-0.05, 0) is 17.7 Å². The minimum atomic E-state index is -0.434. The number of hydrogen-bond donors (Lipinski definition) is 0. The number of aldehydes is 1. The number of carbonyl (C=O) groups excluding carboxylic acids is 1. The molecule has 0 unspecified atom stereocenters. The number of halogens is 2. The van der Waals surface area contributed by atoms with E-state index < -0.39 is 5.82 Å². The molecule has 0 aliphatic carbocycles. The van der Waals surface area contributed by atoms with Gasteiger partial charge >= 0.3 is 0 Å². The molecule has 0 bridgehead atoms. The molecule has 0 aliphatic rings. The van der Waals surface area contributed by atoms with E-state index >= 15 is 0 Å². The third-order valence-corrected chi connectivity index (χ3v) is 2.37. The smallest absolute Gasteiger partial charge is 0.145 e. The molecule has 1 atom stereocenters. The van der Waals surface area contributed by atoms with E-state index in [4.69, 9.17) is 16.3 Å². The summed E-state index contributed by atoms with van der Waals surface area (Å²) in [5, 5.41) is 0.111. The lowest BCUT2D eigenvalue weighted by atomic mass is 10.0. The molecule has 0 N–H and O–H groups in total. The fraction of sp³-hybridized carbons (Fsp3) is 0.364. The van der Waals surface area contributed by atoms with Crippen LogP contribution in [0, 0.1) is 5.82 Å². The van der Waals surface area contributed by atoms with E-state index in [2.05, 4.69) is 0 Å². The fourth-order valence-corrected chi connectivity index (χ4v) is 1.33. The molecule has 0 aromatic heterocycles. The lowest BCUT2D eigenvalue weighted by Crippen LogP contribution is -2.06. The maximum absolute atomic E-state index is 13.1. The summed E-state index contributed by atoms with van der Waals surface area (Å²) in [6, 6.07) is 4.65. The predicted octanol–water partition coefficient (Wildman–Crippen LogP) is 2.80. The zero-order valence-electron chi connectivity index (χ0n) is 8.37. The predicted molar refractivity (Wildman–Crippen MR) is 56.7 cm³/mol. The molecule has 15 heavy (non-hydrogen) atoms. The second-order valence-electron chi connectivity index (χ2n) is 3.28. The summed E-state index contributed by atoms with van der Waals surface area (Å²) in [6.45, 7) is 2.35. The van der Waals surface area contributed by atoms with E-state index in [0.29, 0.717) is 12.9 Å². The summed E-state index contributed by atoms with van der Waals surface area (Å²) >= 11 is 5.56. The highest BCUT2D eigenvalue weighted by molar-refractivity contribution is 6.30. The molecular formula is C11H12ClFO2. The van der Waals surface area contributed by atoms with Gasteiger partial charge in [0, 0.05) is 5.92 Å². The highest BCUT2D eigenvalue weighted by Crippen LogP contribution is 2.21. The Hall–Kier alpha value is -0.930. The van der Waals surface area contributed by atoms with Gasteiger partial charge in [-0.25, -0.2) is 4.39 Å². The first-order valence-electron chi connectivity index (χ1n) is 4.61. The molecular weight excluding hydrogens is 219 g/mol. The van der Waals surface area contributed by atoms with Gasteiger partial charge in [-0.1, -0.05) is 24.6 Å². The van der Waals surface area contributed by atoms with Crippen LogP contribution in [0.2, 0.25) is 5.02 Å². The van der Waals surface area contributed by atoms with Crippen LogP contribution in [0.3, 0.4) is 0 Å². The van der Waals surface area contributed by atoms with Crippen LogP contribution in [0.25, 0.3) is 0 Å². The van der Waals surface area contributed by atoms with Crippen LogP contribution in [-0.2, 0) is 9.53 Å². The molecule has 1 rings (SSSR count). The van der Waals surface area contributed by atoms with Gasteiger partial charge in [0.25, 0.3) is 0 Å². The maximum atomic E-state index is 13.1. The average Bonchev–Trinajstić information content (AvgIpc) is 2.22. The largest absolute Gasteiger partial charge is 0.373 e. The van der Waals surface area contributed by atoms with Crippen LogP contribution in [0.4, 0.5) is 4.39 Å². The number of rotatable bonds is 5.